The number of anilines is 4. The summed E-state index contributed by atoms with van der Waals surface area (Å²) in [5, 5.41) is 5.44. The van der Waals surface area contributed by atoms with Crippen LogP contribution >= 0.6 is 11.5 Å². The van der Waals surface area contributed by atoms with E-state index >= 15 is 0 Å². The summed E-state index contributed by atoms with van der Waals surface area (Å²) in [7, 11) is 2.02. The molecule has 3 aromatic rings. The maximum atomic E-state index is 13.3. The van der Waals surface area contributed by atoms with Gasteiger partial charge in [-0.1, -0.05) is 0 Å². The molecular weight excluding hydrogens is 495 g/mol. The average Bonchev–Trinajstić information content (AvgIpc) is 3.29. The molecule has 0 aromatic carbocycles. The molecule has 0 spiro atoms. The predicted molar refractivity (Wildman–Crippen MR) is 132 cm³/mol. The number of pyridine rings is 2. The zero-order valence-electron chi connectivity index (χ0n) is 20.6. The third-order valence-electron chi connectivity index (χ3n) is 5.59. The monoisotopic (exact) mass is 521 g/mol. The second-order valence-electron chi connectivity index (χ2n) is 10.0. The average molecular weight is 522 g/mol. The second-order valence-corrected chi connectivity index (χ2v) is 10.8. The van der Waals surface area contributed by atoms with Crippen LogP contribution in [0.4, 0.5) is 40.3 Å². The first-order valence-corrected chi connectivity index (χ1v) is 11.8. The van der Waals surface area contributed by atoms with E-state index in [9.17, 15) is 18.0 Å². The Morgan fingerprint density at radius 3 is 2.56 bits per heavy atom. The fourth-order valence-electron chi connectivity index (χ4n) is 3.67. The van der Waals surface area contributed by atoms with E-state index in [1.54, 1.807) is 27.0 Å². The van der Waals surface area contributed by atoms with Crippen LogP contribution in [0.25, 0.3) is 11.5 Å². The lowest BCUT2D eigenvalue weighted by Gasteiger charge is -2.29. The van der Waals surface area contributed by atoms with E-state index in [0.717, 1.165) is 35.3 Å². The summed E-state index contributed by atoms with van der Waals surface area (Å²) >= 11 is 0.991. The Morgan fingerprint density at radius 1 is 1.17 bits per heavy atom. The first-order chi connectivity index (χ1) is 16.6. The third-order valence-corrected chi connectivity index (χ3v) is 6.22. The van der Waals surface area contributed by atoms with Gasteiger partial charge in [0.15, 0.2) is 11.6 Å². The van der Waals surface area contributed by atoms with Crippen LogP contribution in [0.1, 0.15) is 45.7 Å². The number of aromatic nitrogens is 4. The highest BCUT2D eigenvalue weighted by Gasteiger charge is 2.34. The molecule has 13 heteroatoms. The summed E-state index contributed by atoms with van der Waals surface area (Å²) in [6.07, 6.45) is -2.26. The molecule has 2 N–H and O–H groups in total. The number of ether oxygens (including phenoxy) is 1. The molecule has 36 heavy (non-hydrogen) atoms. The summed E-state index contributed by atoms with van der Waals surface area (Å²) in [5.41, 5.74) is 0.652. The lowest BCUT2D eigenvalue weighted by molar-refractivity contribution is -0.137. The first-order valence-electron chi connectivity index (χ1n) is 11.0. The Bertz CT molecular complexity index is 1300. The predicted octanol–water partition coefficient (Wildman–Crippen LogP) is 5.88. The van der Waals surface area contributed by atoms with E-state index < -0.39 is 23.4 Å². The number of carbonyl (C=O) groups excluding carboxylic acids is 1. The third kappa shape index (κ3) is 5.50. The molecule has 0 unspecified atom stereocenters. The van der Waals surface area contributed by atoms with Crippen molar-refractivity contribution in [3.05, 3.63) is 35.7 Å². The number of halogens is 3. The van der Waals surface area contributed by atoms with Gasteiger partial charge in [0.2, 0.25) is 5.13 Å². The molecule has 0 atom stereocenters. The Kier molecular flexibility index (Phi) is 6.31. The molecule has 3 aromatic heterocycles. The van der Waals surface area contributed by atoms with Crippen molar-refractivity contribution in [3.8, 4) is 11.5 Å². The number of alkyl halides is 3. The molecule has 1 aliphatic rings. The zero-order valence-corrected chi connectivity index (χ0v) is 21.4. The molecule has 0 radical (unpaired) electrons. The quantitative estimate of drug-likeness (QED) is 0.439. The molecule has 1 amide bonds. The van der Waals surface area contributed by atoms with Gasteiger partial charge < -0.3 is 15.0 Å². The molecule has 9 nitrogen and oxygen atoms in total. The molecule has 192 valence electrons. The van der Waals surface area contributed by atoms with Gasteiger partial charge in [-0.15, -0.1) is 0 Å². The van der Waals surface area contributed by atoms with Gasteiger partial charge in [-0.3, -0.25) is 10.3 Å². The Hall–Kier alpha value is -3.48. The fourth-order valence-corrected chi connectivity index (χ4v) is 4.25. The SMILES string of the molecule is CN1c2cnc(-c3nsc(Nc4ncc(C(F)(F)F)cc4NC(=O)OC(C)(C)C)n3)cc2CC1(C)C. The summed E-state index contributed by atoms with van der Waals surface area (Å²) in [6.45, 7) is 9.23. The minimum absolute atomic E-state index is 0.0311. The van der Waals surface area contributed by atoms with Crippen LogP contribution in [0.2, 0.25) is 0 Å². The van der Waals surface area contributed by atoms with Crippen molar-refractivity contribution in [3.63, 3.8) is 0 Å². The van der Waals surface area contributed by atoms with Gasteiger partial charge in [-0.05, 0) is 58.7 Å². The molecule has 4 rings (SSSR count). The minimum atomic E-state index is -4.65. The van der Waals surface area contributed by atoms with Crippen molar-refractivity contribution in [2.45, 2.75) is 58.4 Å². The highest BCUT2D eigenvalue weighted by molar-refractivity contribution is 7.09. The van der Waals surface area contributed by atoms with Crippen molar-refractivity contribution in [2.24, 2.45) is 0 Å². The molecule has 0 aliphatic carbocycles. The standard InChI is InChI=1S/C23H26F3N7O2S/c1-21(2,3)35-20(34)29-15-8-13(23(24,25)26)10-28-17(15)30-19-31-18(32-36-19)14-7-12-9-22(4,5)33(6)16(12)11-27-14/h7-8,10-11H,9H2,1-6H3,(H,29,34)(H,28,30,31,32). The number of hydrogen-bond donors (Lipinski definition) is 2. The second kappa shape index (κ2) is 8.87. The van der Waals surface area contributed by atoms with E-state index in [0.29, 0.717) is 17.7 Å². The maximum Gasteiger partial charge on any atom is 0.417 e. The molecule has 0 fully saturated rings. The highest BCUT2D eigenvalue weighted by Crippen LogP contribution is 2.38. The van der Waals surface area contributed by atoms with Crippen molar-refractivity contribution in [1.82, 2.24) is 19.3 Å². The van der Waals surface area contributed by atoms with E-state index in [-0.39, 0.29) is 22.2 Å². The largest absolute Gasteiger partial charge is 0.444 e. The Morgan fingerprint density at radius 2 is 1.89 bits per heavy atom. The Balaban J connectivity index is 1.59. The normalized spacial score (nSPS) is 15.0. The first kappa shape index (κ1) is 25.6. The number of likely N-dealkylation sites (N-methyl/N-ethyl adjacent to an activating group) is 1. The summed E-state index contributed by atoms with van der Waals surface area (Å²) < 4.78 is 49.3. The van der Waals surface area contributed by atoms with E-state index in [1.807, 2.05) is 13.1 Å². The number of rotatable bonds is 4. The van der Waals surface area contributed by atoms with E-state index in [1.165, 1.54) is 0 Å². The maximum absolute atomic E-state index is 13.3. The molecule has 4 heterocycles. The van der Waals surface area contributed by atoms with Gasteiger partial charge in [0.25, 0.3) is 0 Å². The van der Waals surface area contributed by atoms with Gasteiger partial charge >= 0.3 is 12.3 Å². The summed E-state index contributed by atoms with van der Waals surface area (Å²) in [4.78, 5) is 27.2. The molecule has 0 saturated heterocycles. The molecule has 0 bridgehead atoms. The number of fused-ring (bicyclic) bond motifs is 1. The lowest BCUT2D eigenvalue weighted by Crippen LogP contribution is -2.37. The van der Waals surface area contributed by atoms with Gasteiger partial charge in [-0.25, -0.2) is 9.78 Å². The number of carbonyl (C=O) groups is 1. The number of nitrogens with one attached hydrogen (secondary N) is 2. The van der Waals surface area contributed by atoms with Crippen LogP contribution < -0.4 is 15.5 Å². The van der Waals surface area contributed by atoms with Crippen LogP contribution in [-0.2, 0) is 17.3 Å². The van der Waals surface area contributed by atoms with Gasteiger partial charge in [0.05, 0.1) is 23.1 Å². The van der Waals surface area contributed by atoms with Crippen LogP contribution in [-0.4, -0.2) is 43.6 Å². The molecular formula is C23H26F3N7O2S. The van der Waals surface area contributed by atoms with E-state index in [4.69, 9.17) is 4.74 Å². The number of nitrogens with zero attached hydrogens (tertiary/aromatic N) is 5. The minimum Gasteiger partial charge on any atom is -0.444 e. The van der Waals surface area contributed by atoms with Crippen LogP contribution in [0.15, 0.2) is 24.5 Å². The highest BCUT2D eigenvalue weighted by atomic mass is 32.1. The van der Waals surface area contributed by atoms with Gasteiger partial charge in [0, 0.05) is 30.3 Å². The van der Waals surface area contributed by atoms with Gasteiger partial charge in [-0.2, -0.15) is 22.5 Å². The smallest absolute Gasteiger partial charge is 0.417 e. The number of amides is 1. The fraction of sp³-hybridized carbons (Fsp3) is 0.435. The number of hydrogen-bond acceptors (Lipinski definition) is 9. The Labute approximate surface area is 210 Å². The van der Waals surface area contributed by atoms with Crippen LogP contribution in [0.3, 0.4) is 0 Å². The van der Waals surface area contributed by atoms with Crippen molar-refractivity contribution in [2.75, 3.05) is 22.6 Å². The van der Waals surface area contributed by atoms with Crippen molar-refractivity contribution < 1.29 is 22.7 Å². The van der Waals surface area contributed by atoms with Crippen molar-refractivity contribution in [1.29, 1.82) is 0 Å². The van der Waals surface area contributed by atoms with Crippen molar-refractivity contribution >= 4 is 39.9 Å². The molecule has 1 aliphatic heterocycles. The van der Waals surface area contributed by atoms with Crippen LogP contribution in [0.5, 0.6) is 0 Å². The van der Waals surface area contributed by atoms with Crippen LogP contribution in [0, 0.1) is 0 Å². The summed E-state index contributed by atoms with van der Waals surface area (Å²) in [5.74, 6) is 0.327. The zero-order chi connectivity index (χ0) is 26.5. The summed E-state index contributed by atoms with van der Waals surface area (Å²) in [6, 6.07) is 2.72. The van der Waals surface area contributed by atoms with Gasteiger partial charge in [0.1, 0.15) is 11.3 Å². The lowest BCUT2D eigenvalue weighted by atomic mass is 10.00. The van der Waals surface area contributed by atoms with E-state index in [2.05, 4.69) is 48.7 Å². The topological polar surface area (TPSA) is 105 Å². The molecule has 0 saturated carbocycles.